The van der Waals surface area contributed by atoms with Gasteiger partial charge in [-0.1, -0.05) is 237 Å². The number of esters is 1. The molecule has 1 aliphatic heterocycles. The zero-order chi connectivity index (χ0) is 50.3. The summed E-state index contributed by atoms with van der Waals surface area (Å²) in [4.78, 5) is 25.1. The number of unbranched alkanes of at least 4 members (excludes halogenated alkanes) is 34. The first kappa shape index (κ1) is 65.2. The van der Waals surface area contributed by atoms with Crippen LogP contribution in [0.4, 0.5) is 0 Å². The van der Waals surface area contributed by atoms with Crippen molar-refractivity contribution in [1.29, 1.82) is 0 Å². The molecule has 0 aromatic heterocycles. The van der Waals surface area contributed by atoms with Crippen LogP contribution in [-0.2, 0) is 23.8 Å². The zero-order valence-corrected chi connectivity index (χ0v) is 44.5. The third-order valence-electron chi connectivity index (χ3n) is 13.8. The second-order valence-electron chi connectivity index (χ2n) is 20.3. The molecule has 1 rings (SSSR count). The number of carbonyl (C=O) groups is 2. The van der Waals surface area contributed by atoms with Crippen LogP contribution in [0.3, 0.4) is 0 Å². The van der Waals surface area contributed by atoms with Crippen molar-refractivity contribution in [2.45, 2.75) is 314 Å². The van der Waals surface area contributed by atoms with Crippen LogP contribution < -0.4 is 5.32 Å². The molecule has 1 saturated heterocycles. The van der Waals surface area contributed by atoms with Crippen molar-refractivity contribution in [2.75, 3.05) is 19.8 Å². The van der Waals surface area contributed by atoms with Gasteiger partial charge in [0.15, 0.2) is 6.29 Å². The van der Waals surface area contributed by atoms with Crippen LogP contribution in [-0.4, -0.2) is 100 Å². The first-order valence-electron chi connectivity index (χ1n) is 29.1. The Kier molecular flexibility index (Phi) is 45.7. The van der Waals surface area contributed by atoms with Crippen LogP contribution in [0.5, 0.6) is 0 Å². The summed E-state index contributed by atoms with van der Waals surface area (Å²) in [6, 6.07) is -0.833. The molecule has 7 atom stereocenters. The van der Waals surface area contributed by atoms with Gasteiger partial charge < -0.3 is 45.1 Å². The van der Waals surface area contributed by atoms with Gasteiger partial charge in [0.05, 0.1) is 32.0 Å². The van der Waals surface area contributed by atoms with Gasteiger partial charge in [-0.2, -0.15) is 0 Å². The summed E-state index contributed by atoms with van der Waals surface area (Å²) in [5, 5.41) is 54.4. The Labute approximate surface area is 422 Å². The molecule has 1 fully saturated rings. The number of aliphatic hydroxyl groups excluding tert-OH is 5. The maximum Gasteiger partial charge on any atom is 0.305 e. The van der Waals surface area contributed by atoms with Gasteiger partial charge in [0.2, 0.25) is 5.91 Å². The molecular formula is C58H109NO10. The Balaban J connectivity index is 2.16. The highest BCUT2D eigenvalue weighted by molar-refractivity contribution is 5.76. The SMILES string of the molecule is CCCCCCCCCCC/C=C/CC/C=C/C(O)C(COC1OC(CO)C(O)C(O)C1O)NC(=O)CCCCCCCCCCCCCCCCCOC(=O)CCCCCCCCCCCCC. The first-order valence-corrected chi connectivity index (χ1v) is 29.1. The van der Waals surface area contributed by atoms with Crippen LogP contribution in [0, 0.1) is 0 Å². The summed E-state index contributed by atoms with van der Waals surface area (Å²) in [6.45, 7) is 4.30. The summed E-state index contributed by atoms with van der Waals surface area (Å²) < 4.78 is 16.7. The molecule has 0 aliphatic carbocycles. The van der Waals surface area contributed by atoms with Crippen LogP contribution in [0.25, 0.3) is 0 Å². The Morgan fingerprint density at radius 1 is 0.522 bits per heavy atom. The van der Waals surface area contributed by atoms with Crippen LogP contribution >= 0.6 is 0 Å². The van der Waals surface area contributed by atoms with Gasteiger partial charge in [0, 0.05) is 12.8 Å². The van der Waals surface area contributed by atoms with Crippen molar-refractivity contribution in [2.24, 2.45) is 0 Å². The van der Waals surface area contributed by atoms with E-state index in [1.54, 1.807) is 6.08 Å². The number of amides is 1. The quantitative estimate of drug-likeness (QED) is 0.0196. The minimum Gasteiger partial charge on any atom is -0.466 e. The summed E-state index contributed by atoms with van der Waals surface area (Å²) in [6.07, 6.45) is 46.8. The van der Waals surface area contributed by atoms with Crippen molar-refractivity contribution in [3.05, 3.63) is 24.3 Å². The van der Waals surface area contributed by atoms with Gasteiger partial charge in [0.1, 0.15) is 24.4 Å². The van der Waals surface area contributed by atoms with E-state index in [9.17, 15) is 35.1 Å². The monoisotopic (exact) mass is 980 g/mol. The van der Waals surface area contributed by atoms with Gasteiger partial charge in [0.25, 0.3) is 0 Å². The van der Waals surface area contributed by atoms with Gasteiger partial charge in [-0.25, -0.2) is 0 Å². The third kappa shape index (κ3) is 38.4. The molecule has 11 nitrogen and oxygen atoms in total. The number of nitrogens with one attached hydrogen (secondary N) is 1. The highest BCUT2D eigenvalue weighted by atomic mass is 16.7. The Morgan fingerprint density at radius 2 is 0.942 bits per heavy atom. The third-order valence-corrected chi connectivity index (χ3v) is 13.8. The zero-order valence-electron chi connectivity index (χ0n) is 44.5. The maximum absolute atomic E-state index is 13.0. The molecule has 406 valence electrons. The summed E-state index contributed by atoms with van der Waals surface area (Å²) in [5.41, 5.74) is 0. The van der Waals surface area contributed by atoms with Crippen molar-refractivity contribution in [3.63, 3.8) is 0 Å². The lowest BCUT2D eigenvalue weighted by Crippen LogP contribution is -2.60. The van der Waals surface area contributed by atoms with Crippen molar-refractivity contribution < 1.29 is 49.3 Å². The molecule has 1 aliphatic rings. The normalized spacial score (nSPS) is 19.4. The van der Waals surface area contributed by atoms with Crippen molar-refractivity contribution in [3.8, 4) is 0 Å². The number of aliphatic hydroxyl groups is 5. The van der Waals surface area contributed by atoms with E-state index in [2.05, 4.69) is 31.3 Å². The first-order chi connectivity index (χ1) is 33.7. The standard InChI is InChI=1S/C58H109NO10/c1-3-5-7-9-11-13-15-16-18-21-25-28-32-36-40-44-51(61)50(49-68-58-57(66)56(65)55(64)52(48-60)69-58)59-53(62)45-41-37-33-29-26-22-19-17-20-23-27-31-35-39-43-47-67-54(63)46-42-38-34-30-24-14-12-10-8-6-4-2/h25,28,40,44,50-52,55-58,60-61,64-66H,3-24,26-27,29-39,41-43,45-49H2,1-2H3,(H,59,62)/b28-25+,44-40+. The van der Waals surface area contributed by atoms with E-state index in [0.717, 1.165) is 70.6 Å². The lowest BCUT2D eigenvalue weighted by Gasteiger charge is -2.40. The molecule has 69 heavy (non-hydrogen) atoms. The lowest BCUT2D eigenvalue weighted by molar-refractivity contribution is -0.302. The minimum absolute atomic E-state index is 0.0195. The highest BCUT2D eigenvalue weighted by Crippen LogP contribution is 2.23. The van der Waals surface area contributed by atoms with Gasteiger partial charge in [-0.05, 0) is 44.9 Å². The molecule has 0 aromatic rings. The number of hydrogen-bond donors (Lipinski definition) is 6. The summed E-state index contributed by atoms with van der Waals surface area (Å²) in [7, 11) is 0. The van der Waals surface area contributed by atoms with Gasteiger partial charge >= 0.3 is 5.97 Å². The van der Waals surface area contributed by atoms with Crippen molar-refractivity contribution in [1.82, 2.24) is 5.32 Å². The fraction of sp³-hybridized carbons (Fsp3) is 0.897. The van der Waals surface area contributed by atoms with E-state index in [1.165, 1.54) is 173 Å². The van der Waals surface area contributed by atoms with Gasteiger partial charge in [-0.3, -0.25) is 9.59 Å². The lowest BCUT2D eigenvalue weighted by atomic mass is 9.99. The molecule has 0 radical (unpaired) electrons. The van der Waals surface area contributed by atoms with Crippen LogP contribution in [0.2, 0.25) is 0 Å². The number of hydrogen-bond acceptors (Lipinski definition) is 10. The molecule has 0 bridgehead atoms. The predicted molar refractivity (Wildman–Crippen MR) is 283 cm³/mol. The fourth-order valence-corrected chi connectivity index (χ4v) is 9.16. The number of allylic oxidation sites excluding steroid dienone is 3. The molecule has 11 heteroatoms. The number of rotatable bonds is 50. The summed E-state index contributed by atoms with van der Waals surface area (Å²) in [5.74, 6) is -0.219. The molecular weight excluding hydrogens is 871 g/mol. The van der Waals surface area contributed by atoms with E-state index < -0.39 is 49.5 Å². The van der Waals surface area contributed by atoms with E-state index in [-0.39, 0.29) is 18.5 Å². The molecule has 0 saturated carbocycles. The fourth-order valence-electron chi connectivity index (χ4n) is 9.16. The average molecular weight is 981 g/mol. The average Bonchev–Trinajstić information content (AvgIpc) is 3.34. The predicted octanol–water partition coefficient (Wildman–Crippen LogP) is 12.9. The largest absolute Gasteiger partial charge is 0.466 e. The van der Waals surface area contributed by atoms with Crippen LogP contribution in [0.15, 0.2) is 24.3 Å². The molecule has 6 N–H and O–H groups in total. The van der Waals surface area contributed by atoms with Crippen molar-refractivity contribution >= 4 is 11.9 Å². The van der Waals surface area contributed by atoms with E-state index in [4.69, 9.17) is 14.2 Å². The second-order valence-corrected chi connectivity index (χ2v) is 20.3. The minimum atomic E-state index is -1.58. The number of carbonyl (C=O) groups excluding carboxylic acids is 2. The maximum atomic E-state index is 13.0. The molecule has 1 heterocycles. The molecule has 0 spiro atoms. The Morgan fingerprint density at radius 3 is 1.43 bits per heavy atom. The number of ether oxygens (including phenoxy) is 3. The molecule has 0 aromatic carbocycles. The Hall–Kier alpha value is -1.86. The van der Waals surface area contributed by atoms with E-state index in [1.807, 2.05) is 6.08 Å². The Bertz CT molecular complexity index is 1200. The second kappa shape index (κ2) is 48.4. The topological polar surface area (TPSA) is 175 Å². The summed E-state index contributed by atoms with van der Waals surface area (Å²) >= 11 is 0. The van der Waals surface area contributed by atoms with E-state index in [0.29, 0.717) is 19.4 Å². The smallest absolute Gasteiger partial charge is 0.305 e. The highest BCUT2D eigenvalue weighted by Gasteiger charge is 2.44. The molecule has 7 unspecified atom stereocenters. The molecule has 1 amide bonds. The van der Waals surface area contributed by atoms with Gasteiger partial charge in [-0.15, -0.1) is 0 Å². The van der Waals surface area contributed by atoms with E-state index >= 15 is 0 Å². The van der Waals surface area contributed by atoms with Crippen LogP contribution in [0.1, 0.15) is 271 Å².